The molecule has 2 rings (SSSR count). The van der Waals surface area contributed by atoms with Gasteiger partial charge in [-0.25, -0.2) is 4.98 Å². The third kappa shape index (κ3) is 3.22. The molecule has 1 N–H and O–H groups in total. The van der Waals surface area contributed by atoms with E-state index in [1.54, 1.807) is 0 Å². The van der Waals surface area contributed by atoms with Crippen LogP contribution in [-0.4, -0.2) is 11.0 Å². The van der Waals surface area contributed by atoms with Crippen molar-refractivity contribution in [2.45, 2.75) is 19.4 Å². The number of nitrogens with zero attached hydrogens (tertiary/aromatic N) is 1. The van der Waals surface area contributed by atoms with E-state index >= 15 is 0 Å². The molecule has 2 nitrogen and oxygen atoms in total. The largest absolute Gasteiger partial charge is 0.359 e. The second kappa shape index (κ2) is 5.32. The summed E-state index contributed by atoms with van der Waals surface area (Å²) in [5.41, 5.74) is 1.32. The van der Waals surface area contributed by atoms with E-state index in [0.29, 0.717) is 11.2 Å². The van der Waals surface area contributed by atoms with Crippen LogP contribution in [0.15, 0.2) is 35.7 Å². The zero-order valence-corrected chi connectivity index (χ0v) is 10.6. The summed E-state index contributed by atoms with van der Waals surface area (Å²) in [6.45, 7) is 2.14. The van der Waals surface area contributed by atoms with Crippen molar-refractivity contribution in [3.8, 4) is 0 Å². The molecule has 84 valence electrons. The minimum atomic E-state index is 0.351. The van der Waals surface area contributed by atoms with Crippen LogP contribution in [0.4, 0.5) is 5.13 Å². The van der Waals surface area contributed by atoms with Crippen LogP contribution in [-0.2, 0) is 6.42 Å². The number of hydrogen-bond donors (Lipinski definition) is 1. The number of thiazole rings is 1. The molecule has 0 aliphatic heterocycles. The van der Waals surface area contributed by atoms with Crippen LogP contribution in [0.3, 0.4) is 0 Å². The molecule has 0 bridgehead atoms. The van der Waals surface area contributed by atoms with Gasteiger partial charge in [0.15, 0.2) is 5.13 Å². The van der Waals surface area contributed by atoms with Crippen molar-refractivity contribution in [2.24, 2.45) is 0 Å². The van der Waals surface area contributed by atoms with E-state index < -0.39 is 0 Å². The van der Waals surface area contributed by atoms with Crippen molar-refractivity contribution in [2.75, 3.05) is 5.32 Å². The van der Waals surface area contributed by atoms with E-state index in [2.05, 4.69) is 41.5 Å². The van der Waals surface area contributed by atoms with E-state index in [9.17, 15) is 0 Å². The van der Waals surface area contributed by atoms with Gasteiger partial charge in [0.2, 0.25) is 0 Å². The maximum atomic E-state index is 5.76. The zero-order valence-electron chi connectivity index (χ0n) is 8.98. The van der Waals surface area contributed by atoms with Crippen molar-refractivity contribution in [3.05, 3.63) is 46.4 Å². The molecule has 1 unspecified atom stereocenters. The summed E-state index contributed by atoms with van der Waals surface area (Å²) in [7, 11) is 0. The molecule has 0 saturated carbocycles. The molecule has 0 spiro atoms. The standard InChI is InChI=1S/C12H13ClN2S/c1-9(7-10-5-3-2-4-6-10)14-12-15-11(13)8-16-12/h2-6,8-9H,7H2,1H3,(H,14,15). The fraction of sp³-hybridized carbons (Fsp3) is 0.250. The summed E-state index contributed by atoms with van der Waals surface area (Å²) < 4.78 is 0. The summed E-state index contributed by atoms with van der Waals surface area (Å²) in [4.78, 5) is 4.17. The SMILES string of the molecule is CC(Cc1ccccc1)Nc1nc(Cl)cs1. The second-order valence-corrected chi connectivity index (χ2v) is 4.96. The lowest BCUT2D eigenvalue weighted by atomic mass is 10.1. The van der Waals surface area contributed by atoms with Gasteiger partial charge in [-0.2, -0.15) is 0 Å². The molecular weight excluding hydrogens is 240 g/mol. The van der Waals surface area contributed by atoms with Gasteiger partial charge in [-0.15, -0.1) is 11.3 Å². The third-order valence-corrected chi connectivity index (χ3v) is 3.33. The van der Waals surface area contributed by atoms with Gasteiger partial charge in [-0.3, -0.25) is 0 Å². The van der Waals surface area contributed by atoms with Crippen molar-refractivity contribution in [1.29, 1.82) is 0 Å². The number of nitrogens with one attached hydrogen (secondary N) is 1. The average Bonchev–Trinajstić information content (AvgIpc) is 2.65. The lowest BCUT2D eigenvalue weighted by Gasteiger charge is -2.12. The van der Waals surface area contributed by atoms with Crippen LogP contribution in [0.1, 0.15) is 12.5 Å². The first-order valence-corrected chi connectivity index (χ1v) is 6.41. The van der Waals surface area contributed by atoms with Gasteiger partial charge in [0.05, 0.1) is 0 Å². The van der Waals surface area contributed by atoms with E-state index in [1.807, 2.05) is 11.4 Å². The van der Waals surface area contributed by atoms with Gasteiger partial charge in [0.25, 0.3) is 0 Å². The highest BCUT2D eigenvalue weighted by Crippen LogP contribution is 2.20. The molecule has 4 heteroatoms. The summed E-state index contributed by atoms with van der Waals surface area (Å²) in [6, 6.07) is 10.8. The maximum Gasteiger partial charge on any atom is 0.184 e. The van der Waals surface area contributed by atoms with Gasteiger partial charge >= 0.3 is 0 Å². The predicted octanol–water partition coefficient (Wildman–Crippen LogP) is 3.84. The molecule has 1 aromatic heterocycles. The van der Waals surface area contributed by atoms with Crippen molar-refractivity contribution >= 4 is 28.1 Å². The number of rotatable bonds is 4. The van der Waals surface area contributed by atoms with Crippen LogP contribution in [0, 0.1) is 0 Å². The molecule has 1 aromatic carbocycles. The number of benzene rings is 1. The van der Waals surface area contributed by atoms with E-state index in [1.165, 1.54) is 16.9 Å². The maximum absolute atomic E-state index is 5.76. The number of aromatic nitrogens is 1. The lowest BCUT2D eigenvalue weighted by molar-refractivity contribution is 0.789. The molecule has 0 amide bonds. The fourth-order valence-electron chi connectivity index (χ4n) is 1.55. The minimum Gasteiger partial charge on any atom is -0.359 e. The monoisotopic (exact) mass is 252 g/mol. The molecule has 1 atom stereocenters. The molecular formula is C12H13ClN2S. The number of halogens is 1. The van der Waals surface area contributed by atoms with Crippen LogP contribution in [0.25, 0.3) is 0 Å². The minimum absolute atomic E-state index is 0.351. The number of hydrogen-bond acceptors (Lipinski definition) is 3. The van der Waals surface area contributed by atoms with Crippen LogP contribution in [0.5, 0.6) is 0 Å². The van der Waals surface area contributed by atoms with Crippen molar-refractivity contribution in [3.63, 3.8) is 0 Å². The summed E-state index contributed by atoms with van der Waals surface area (Å²) in [6.07, 6.45) is 0.984. The first-order chi connectivity index (χ1) is 7.74. The molecule has 0 radical (unpaired) electrons. The van der Waals surface area contributed by atoms with Gasteiger partial charge in [0, 0.05) is 11.4 Å². The zero-order chi connectivity index (χ0) is 11.4. The highest BCUT2D eigenvalue weighted by Gasteiger charge is 2.05. The molecule has 0 aliphatic carbocycles. The Morgan fingerprint density at radius 2 is 2.12 bits per heavy atom. The smallest absolute Gasteiger partial charge is 0.184 e. The summed E-state index contributed by atoms with van der Waals surface area (Å²) in [5, 5.41) is 6.60. The first kappa shape index (κ1) is 11.4. The lowest BCUT2D eigenvalue weighted by Crippen LogP contribution is -2.17. The molecule has 16 heavy (non-hydrogen) atoms. The Morgan fingerprint density at radius 3 is 2.75 bits per heavy atom. The first-order valence-electron chi connectivity index (χ1n) is 5.15. The highest BCUT2D eigenvalue weighted by molar-refractivity contribution is 7.14. The molecule has 2 aromatic rings. The Labute approximate surface area is 104 Å². The van der Waals surface area contributed by atoms with Crippen LogP contribution in [0.2, 0.25) is 5.15 Å². The molecule has 1 heterocycles. The third-order valence-electron chi connectivity index (χ3n) is 2.23. The molecule has 0 aliphatic rings. The van der Waals surface area contributed by atoms with E-state index in [0.717, 1.165) is 11.6 Å². The van der Waals surface area contributed by atoms with Gasteiger partial charge in [0.1, 0.15) is 5.15 Å². The van der Waals surface area contributed by atoms with Crippen molar-refractivity contribution < 1.29 is 0 Å². The molecule has 0 fully saturated rings. The Bertz CT molecular complexity index is 441. The summed E-state index contributed by atoms with van der Waals surface area (Å²) in [5.74, 6) is 0. The van der Waals surface area contributed by atoms with E-state index in [4.69, 9.17) is 11.6 Å². The normalized spacial score (nSPS) is 12.4. The Kier molecular flexibility index (Phi) is 3.80. The van der Waals surface area contributed by atoms with E-state index in [-0.39, 0.29) is 0 Å². The average molecular weight is 253 g/mol. The van der Waals surface area contributed by atoms with Crippen LogP contribution >= 0.6 is 22.9 Å². The number of anilines is 1. The molecule has 0 saturated heterocycles. The second-order valence-electron chi connectivity index (χ2n) is 3.71. The fourth-order valence-corrected chi connectivity index (χ4v) is 2.50. The van der Waals surface area contributed by atoms with Crippen LogP contribution < -0.4 is 5.32 Å². The highest BCUT2D eigenvalue weighted by atomic mass is 35.5. The predicted molar refractivity (Wildman–Crippen MR) is 70.4 cm³/mol. The van der Waals surface area contributed by atoms with Gasteiger partial charge in [-0.05, 0) is 18.9 Å². The Morgan fingerprint density at radius 1 is 1.38 bits per heavy atom. The Balaban J connectivity index is 1.92. The Hall–Kier alpha value is -1.06. The van der Waals surface area contributed by atoms with Gasteiger partial charge in [-0.1, -0.05) is 41.9 Å². The summed E-state index contributed by atoms with van der Waals surface area (Å²) >= 11 is 7.30. The quantitative estimate of drug-likeness (QED) is 0.894. The topological polar surface area (TPSA) is 24.9 Å². The van der Waals surface area contributed by atoms with Gasteiger partial charge < -0.3 is 5.32 Å². The van der Waals surface area contributed by atoms with Crippen molar-refractivity contribution in [1.82, 2.24) is 4.98 Å².